The first kappa shape index (κ1) is 30.6. The van der Waals surface area contributed by atoms with E-state index in [1.54, 1.807) is 20.8 Å². The van der Waals surface area contributed by atoms with Crippen LogP contribution < -0.4 is 16.0 Å². The van der Waals surface area contributed by atoms with Crippen molar-refractivity contribution in [2.75, 3.05) is 59.3 Å². The maximum absolute atomic E-state index is 11.6. The first-order valence-electron chi connectivity index (χ1n) is 11.1. The molecule has 4 N–H and O–H groups in total. The Morgan fingerprint density at radius 1 is 0.727 bits per heavy atom. The van der Waals surface area contributed by atoms with Gasteiger partial charge in [-0.25, -0.2) is 4.79 Å². The predicted molar refractivity (Wildman–Crippen MR) is 119 cm³/mol. The van der Waals surface area contributed by atoms with Gasteiger partial charge in [-0.1, -0.05) is 0 Å². The summed E-state index contributed by atoms with van der Waals surface area (Å²) in [5, 5.41) is 16.2. The highest BCUT2D eigenvalue weighted by atomic mass is 16.6. The summed E-state index contributed by atoms with van der Waals surface area (Å²) in [5.74, 6) is -1.77. The molecular weight excluding hydrogens is 438 g/mol. The Balaban J connectivity index is 3.32. The molecular formula is C21H39N3O9. The van der Waals surface area contributed by atoms with Crippen LogP contribution in [0.1, 0.15) is 46.5 Å². The molecule has 0 heterocycles. The monoisotopic (exact) mass is 477 g/mol. The van der Waals surface area contributed by atoms with Gasteiger partial charge in [0, 0.05) is 32.7 Å². The van der Waals surface area contributed by atoms with Crippen molar-refractivity contribution in [1.29, 1.82) is 0 Å². The van der Waals surface area contributed by atoms with Crippen LogP contribution in [0, 0.1) is 0 Å². The Bertz CT molecular complexity index is 580. The van der Waals surface area contributed by atoms with Gasteiger partial charge in [-0.2, -0.15) is 0 Å². The zero-order valence-electron chi connectivity index (χ0n) is 19.9. The van der Waals surface area contributed by atoms with Crippen molar-refractivity contribution in [3.8, 4) is 0 Å². The fourth-order valence-electron chi connectivity index (χ4n) is 2.22. The lowest BCUT2D eigenvalue weighted by atomic mass is 10.2. The maximum atomic E-state index is 11.6. The highest BCUT2D eigenvalue weighted by molar-refractivity contribution is 5.81. The highest BCUT2D eigenvalue weighted by Crippen LogP contribution is 2.06. The van der Waals surface area contributed by atoms with Crippen molar-refractivity contribution < 1.29 is 43.2 Å². The molecule has 0 aliphatic heterocycles. The molecule has 33 heavy (non-hydrogen) atoms. The summed E-state index contributed by atoms with van der Waals surface area (Å²) in [5.41, 5.74) is -0.587. The van der Waals surface area contributed by atoms with Gasteiger partial charge >= 0.3 is 18.0 Å². The van der Waals surface area contributed by atoms with E-state index in [1.165, 1.54) is 0 Å². The molecule has 0 saturated heterocycles. The smallest absolute Gasteiger partial charge is 0.325 e. The number of urea groups is 1. The Labute approximate surface area is 195 Å². The molecule has 0 saturated carbocycles. The first-order chi connectivity index (χ1) is 15.6. The average molecular weight is 478 g/mol. The Morgan fingerprint density at radius 2 is 1.24 bits per heavy atom. The number of nitrogens with one attached hydrogen (secondary N) is 3. The molecule has 0 rings (SSSR count). The van der Waals surface area contributed by atoms with Gasteiger partial charge in [0.05, 0.1) is 32.8 Å². The Kier molecular flexibility index (Phi) is 17.7. The van der Waals surface area contributed by atoms with Crippen LogP contribution in [0.25, 0.3) is 0 Å². The number of hydrogen-bond donors (Lipinski definition) is 4. The molecule has 0 aliphatic carbocycles. The molecule has 0 aromatic rings. The van der Waals surface area contributed by atoms with Gasteiger partial charge in [0.25, 0.3) is 0 Å². The lowest BCUT2D eigenvalue weighted by molar-refractivity contribution is -0.153. The van der Waals surface area contributed by atoms with E-state index in [4.69, 9.17) is 24.1 Å². The molecule has 0 unspecified atom stereocenters. The third-order valence-corrected chi connectivity index (χ3v) is 3.66. The van der Waals surface area contributed by atoms with E-state index in [0.29, 0.717) is 65.6 Å². The molecule has 12 nitrogen and oxygen atoms in total. The third-order valence-electron chi connectivity index (χ3n) is 3.66. The number of carbonyl (C=O) groups is 4. The van der Waals surface area contributed by atoms with Gasteiger partial charge < -0.3 is 40.0 Å². The summed E-state index contributed by atoms with van der Waals surface area (Å²) in [6.45, 7) is 8.56. The predicted octanol–water partition coefficient (Wildman–Crippen LogP) is 0.438. The zero-order valence-corrected chi connectivity index (χ0v) is 19.9. The molecule has 0 radical (unpaired) electrons. The number of ether oxygens (including phenoxy) is 4. The van der Waals surface area contributed by atoms with Crippen molar-refractivity contribution in [2.45, 2.75) is 52.1 Å². The molecule has 12 heteroatoms. The number of carboxylic acid groups (broad SMARTS) is 1. The third kappa shape index (κ3) is 24.0. The van der Waals surface area contributed by atoms with E-state index in [2.05, 4.69) is 16.0 Å². The second-order valence-electron chi connectivity index (χ2n) is 7.98. The minimum absolute atomic E-state index is 0.0200. The average Bonchev–Trinajstić information content (AvgIpc) is 2.72. The molecule has 3 amide bonds. The Hall–Kier alpha value is -2.44. The molecule has 0 atom stereocenters. The largest absolute Gasteiger partial charge is 0.481 e. The summed E-state index contributed by atoms with van der Waals surface area (Å²) in [6.07, 6.45) is 1.06. The first-order valence-corrected chi connectivity index (χ1v) is 11.1. The second kappa shape index (κ2) is 19.1. The van der Waals surface area contributed by atoms with E-state index in [-0.39, 0.29) is 25.3 Å². The molecule has 0 aromatic carbocycles. The number of esters is 1. The van der Waals surface area contributed by atoms with E-state index < -0.39 is 23.6 Å². The van der Waals surface area contributed by atoms with Gasteiger partial charge in [-0.3, -0.25) is 14.4 Å². The summed E-state index contributed by atoms with van der Waals surface area (Å²) in [4.78, 5) is 44.7. The van der Waals surface area contributed by atoms with Crippen molar-refractivity contribution in [1.82, 2.24) is 16.0 Å². The van der Waals surface area contributed by atoms with Gasteiger partial charge in [-0.15, -0.1) is 0 Å². The van der Waals surface area contributed by atoms with Crippen molar-refractivity contribution in [2.24, 2.45) is 0 Å². The Morgan fingerprint density at radius 3 is 1.76 bits per heavy atom. The fraction of sp³-hybridized carbons (Fsp3) is 0.810. The molecule has 0 fully saturated rings. The lowest BCUT2D eigenvalue weighted by Crippen LogP contribution is -2.40. The van der Waals surface area contributed by atoms with E-state index in [9.17, 15) is 19.2 Å². The van der Waals surface area contributed by atoms with Crippen molar-refractivity contribution in [3.05, 3.63) is 0 Å². The van der Waals surface area contributed by atoms with Crippen LogP contribution in [-0.4, -0.2) is 93.9 Å². The van der Waals surface area contributed by atoms with Gasteiger partial charge in [-0.05, 0) is 33.6 Å². The van der Waals surface area contributed by atoms with Crippen molar-refractivity contribution in [3.63, 3.8) is 0 Å². The van der Waals surface area contributed by atoms with Crippen LogP contribution in [-0.2, 0) is 33.3 Å². The quantitative estimate of drug-likeness (QED) is 0.153. The summed E-state index contributed by atoms with van der Waals surface area (Å²) in [7, 11) is 0. The summed E-state index contributed by atoms with van der Waals surface area (Å²) in [6, 6.07) is -0.440. The van der Waals surface area contributed by atoms with Gasteiger partial charge in [0.15, 0.2) is 0 Å². The van der Waals surface area contributed by atoms with Crippen LogP contribution in [0.3, 0.4) is 0 Å². The summed E-state index contributed by atoms with van der Waals surface area (Å²) >= 11 is 0. The number of carbonyl (C=O) groups excluding carboxylic acids is 3. The number of aliphatic carboxylic acids is 1. The number of rotatable bonds is 19. The van der Waals surface area contributed by atoms with Crippen LogP contribution in [0.15, 0.2) is 0 Å². The minimum atomic E-state index is -0.992. The zero-order chi connectivity index (χ0) is 25.0. The van der Waals surface area contributed by atoms with Crippen molar-refractivity contribution >= 4 is 23.9 Å². The highest BCUT2D eigenvalue weighted by Gasteiger charge is 2.16. The van der Waals surface area contributed by atoms with Crippen LogP contribution in [0.5, 0.6) is 0 Å². The maximum Gasteiger partial charge on any atom is 0.325 e. The topological polar surface area (TPSA) is 162 Å². The van der Waals surface area contributed by atoms with E-state index in [0.717, 1.165) is 0 Å². The van der Waals surface area contributed by atoms with E-state index in [1.807, 2.05) is 0 Å². The van der Waals surface area contributed by atoms with Crippen LogP contribution >= 0.6 is 0 Å². The number of hydrogen-bond acceptors (Lipinski definition) is 8. The number of amides is 3. The molecule has 0 aromatic heterocycles. The normalized spacial score (nSPS) is 11.0. The SMILES string of the molecule is CC(C)(C)OC(=O)CNC(=O)NCCCOCCOCCOCCCNC(=O)CCC(=O)O. The molecule has 192 valence electrons. The van der Waals surface area contributed by atoms with E-state index >= 15 is 0 Å². The lowest BCUT2D eigenvalue weighted by Gasteiger charge is -2.19. The molecule has 0 aliphatic rings. The molecule has 0 bridgehead atoms. The van der Waals surface area contributed by atoms with Gasteiger partial charge in [0.2, 0.25) is 5.91 Å². The summed E-state index contributed by atoms with van der Waals surface area (Å²) < 4.78 is 21.2. The van der Waals surface area contributed by atoms with Crippen LogP contribution in [0.4, 0.5) is 4.79 Å². The minimum Gasteiger partial charge on any atom is -0.481 e. The fourth-order valence-corrected chi connectivity index (χ4v) is 2.22. The second-order valence-corrected chi connectivity index (χ2v) is 7.98. The molecule has 0 spiro atoms. The number of carboxylic acids is 1. The van der Waals surface area contributed by atoms with Gasteiger partial charge in [0.1, 0.15) is 12.1 Å². The van der Waals surface area contributed by atoms with Crippen LogP contribution in [0.2, 0.25) is 0 Å². The standard InChI is InChI=1S/C21H39N3O9/c1-21(2,3)33-19(28)16-24-20(29)23-9-5-11-31-13-15-32-14-12-30-10-4-8-22-17(25)6-7-18(26)27/h4-16H2,1-3H3,(H,22,25)(H,26,27)(H2,23,24,29).